The molecular weight excluding hydrogens is 286 g/mol. The van der Waals surface area contributed by atoms with Crippen molar-refractivity contribution in [3.8, 4) is 5.75 Å². The van der Waals surface area contributed by atoms with Crippen LogP contribution in [0.15, 0.2) is 46.1 Å². The zero-order valence-corrected chi connectivity index (χ0v) is 12.9. The minimum Gasteiger partial charge on any atom is -0.495 e. The predicted octanol–water partition coefficient (Wildman–Crippen LogP) is 2.39. The maximum atomic E-state index is 10.4. The average Bonchev–Trinajstić information content (AvgIpc) is 3.01. The summed E-state index contributed by atoms with van der Waals surface area (Å²) in [5.74, 6) is 0.912. The van der Waals surface area contributed by atoms with Crippen molar-refractivity contribution in [3.05, 3.63) is 46.7 Å². The van der Waals surface area contributed by atoms with Crippen molar-refractivity contribution < 1.29 is 9.84 Å². The number of nitrogens with two attached hydrogens (primary N) is 1. The molecule has 1 atom stereocenters. The number of hydrogen-bond donors (Lipinski definition) is 3. The van der Waals surface area contributed by atoms with Gasteiger partial charge in [-0.1, -0.05) is 12.1 Å². The molecule has 0 fully saturated rings. The van der Waals surface area contributed by atoms with Crippen LogP contribution in [0.5, 0.6) is 5.75 Å². The number of para-hydroxylation sites is 2. The molecule has 0 amide bonds. The van der Waals surface area contributed by atoms with E-state index in [0.29, 0.717) is 5.75 Å². The van der Waals surface area contributed by atoms with E-state index in [9.17, 15) is 5.11 Å². The average molecular weight is 305 g/mol. The van der Waals surface area contributed by atoms with Crippen LogP contribution in [0.3, 0.4) is 0 Å². The summed E-state index contributed by atoms with van der Waals surface area (Å²) in [4.78, 5) is 4.20. The van der Waals surface area contributed by atoms with E-state index in [1.807, 2.05) is 41.1 Å². The molecule has 2 rings (SSSR count). The number of nitrogens with one attached hydrogen (secondary N) is 1. The first-order valence-electron chi connectivity index (χ1n) is 6.48. The number of benzene rings is 1. The van der Waals surface area contributed by atoms with Crippen molar-refractivity contribution >= 4 is 23.0 Å². The third kappa shape index (κ3) is 3.96. The number of ether oxygens (including phenoxy) is 1. The number of thiophene rings is 1. The number of guanidine groups is 1. The monoisotopic (exact) mass is 305 g/mol. The van der Waals surface area contributed by atoms with Crippen LogP contribution in [0.4, 0.5) is 5.69 Å². The first-order chi connectivity index (χ1) is 10.0. The van der Waals surface area contributed by atoms with Crippen molar-refractivity contribution in [3.63, 3.8) is 0 Å². The molecule has 5 nitrogen and oxygen atoms in total. The maximum Gasteiger partial charge on any atom is 0.193 e. The number of anilines is 1. The van der Waals surface area contributed by atoms with Crippen LogP contribution in [0.25, 0.3) is 0 Å². The van der Waals surface area contributed by atoms with Crippen molar-refractivity contribution in [2.24, 2.45) is 10.7 Å². The van der Waals surface area contributed by atoms with Crippen LogP contribution in [-0.4, -0.2) is 24.7 Å². The summed E-state index contributed by atoms with van der Waals surface area (Å²) in [6.07, 6.45) is 0. The number of hydrogen-bond acceptors (Lipinski definition) is 4. The first kappa shape index (κ1) is 15.3. The number of aliphatic hydroxyl groups is 1. The Bertz CT molecular complexity index is 609. The Kier molecular flexibility index (Phi) is 4.82. The van der Waals surface area contributed by atoms with Gasteiger partial charge in [-0.2, -0.15) is 11.3 Å². The van der Waals surface area contributed by atoms with Crippen LogP contribution in [-0.2, 0) is 5.60 Å². The van der Waals surface area contributed by atoms with Gasteiger partial charge in [0.25, 0.3) is 0 Å². The highest BCUT2D eigenvalue weighted by Gasteiger charge is 2.23. The molecule has 6 heteroatoms. The van der Waals surface area contributed by atoms with E-state index in [1.165, 1.54) is 11.3 Å². The number of nitrogens with zero attached hydrogens (tertiary/aromatic N) is 1. The lowest BCUT2D eigenvalue weighted by atomic mass is 10.00. The fourth-order valence-corrected chi connectivity index (χ4v) is 2.61. The molecule has 0 saturated carbocycles. The Morgan fingerprint density at radius 2 is 2.19 bits per heavy atom. The second kappa shape index (κ2) is 6.60. The highest BCUT2D eigenvalue weighted by Crippen LogP contribution is 2.24. The third-order valence-electron chi connectivity index (χ3n) is 3.07. The quantitative estimate of drug-likeness (QED) is 0.585. The Hall–Kier alpha value is -2.05. The molecule has 0 aliphatic rings. The Balaban J connectivity index is 2.05. The summed E-state index contributed by atoms with van der Waals surface area (Å²) in [5.41, 5.74) is 6.40. The van der Waals surface area contributed by atoms with Crippen molar-refractivity contribution in [1.29, 1.82) is 0 Å². The molecule has 0 bridgehead atoms. The SMILES string of the molecule is COc1ccccc1NC(N)=NCC(C)(O)c1ccsc1. The fourth-order valence-electron chi connectivity index (χ4n) is 1.83. The molecule has 0 radical (unpaired) electrons. The summed E-state index contributed by atoms with van der Waals surface area (Å²) >= 11 is 1.54. The lowest BCUT2D eigenvalue weighted by molar-refractivity contribution is 0.0678. The maximum absolute atomic E-state index is 10.4. The lowest BCUT2D eigenvalue weighted by Gasteiger charge is -2.20. The summed E-state index contributed by atoms with van der Waals surface area (Å²) in [6.45, 7) is 1.90. The summed E-state index contributed by atoms with van der Waals surface area (Å²) in [7, 11) is 1.59. The molecule has 112 valence electrons. The van der Waals surface area contributed by atoms with E-state index < -0.39 is 5.60 Å². The predicted molar refractivity (Wildman–Crippen MR) is 87.0 cm³/mol. The highest BCUT2D eigenvalue weighted by atomic mass is 32.1. The van der Waals surface area contributed by atoms with Gasteiger partial charge in [-0.25, -0.2) is 4.99 Å². The van der Waals surface area contributed by atoms with E-state index in [0.717, 1.165) is 11.3 Å². The Morgan fingerprint density at radius 3 is 2.86 bits per heavy atom. The standard InChI is InChI=1S/C15H19N3O2S/c1-15(19,11-7-8-21-9-11)10-17-14(16)18-12-5-3-4-6-13(12)20-2/h3-9,19H,10H2,1-2H3,(H3,16,17,18). The van der Waals surface area contributed by atoms with Gasteiger partial charge in [0.2, 0.25) is 0 Å². The van der Waals surface area contributed by atoms with Gasteiger partial charge in [0, 0.05) is 0 Å². The van der Waals surface area contributed by atoms with Gasteiger partial charge in [-0.3, -0.25) is 0 Å². The minimum atomic E-state index is -1.03. The van der Waals surface area contributed by atoms with E-state index >= 15 is 0 Å². The van der Waals surface area contributed by atoms with Gasteiger partial charge in [0.1, 0.15) is 11.4 Å². The number of aliphatic imine (C=N–C) groups is 1. The molecule has 1 heterocycles. The largest absolute Gasteiger partial charge is 0.495 e. The molecule has 1 unspecified atom stereocenters. The van der Waals surface area contributed by atoms with Gasteiger partial charge in [-0.15, -0.1) is 0 Å². The van der Waals surface area contributed by atoms with Crippen molar-refractivity contribution in [2.45, 2.75) is 12.5 Å². The highest BCUT2D eigenvalue weighted by molar-refractivity contribution is 7.08. The molecule has 1 aromatic carbocycles. The van der Waals surface area contributed by atoms with Gasteiger partial charge in [0.05, 0.1) is 19.3 Å². The van der Waals surface area contributed by atoms with Crippen LogP contribution in [0, 0.1) is 0 Å². The van der Waals surface area contributed by atoms with E-state index in [2.05, 4.69) is 10.3 Å². The van der Waals surface area contributed by atoms with E-state index in [4.69, 9.17) is 10.5 Å². The van der Waals surface area contributed by atoms with Crippen LogP contribution < -0.4 is 15.8 Å². The van der Waals surface area contributed by atoms with Crippen LogP contribution in [0.2, 0.25) is 0 Å². The second-order valence-corrected chi connectivity index (χ2v) is 5.59. The second-order valence-electron chi connectivity index (χ2n) is 4.81. The molecule has 2 aromatic rings. The Morgan fingerprint density at radius 1 is 1.43 bits per heavy atom. The third-order valence-corrected chi connectivity index (χ3v) is 3.75. The number of methoxy groups -OCH3 is 1. The summed E-state index contributed by atoms with van der Waals surface area (Å²) < 4.78 is 5.23. The smallest absolute Gasteiger partial charge is 0.193 e. The topological polar surface area (TPSA) is 79.9 Å². The minimum absolute atomic E-state index is 0.178. The molecule has 1 aromatic heterocycles. The fraction of sp³-hybridized carbons (Fsp3) is 0.267. The zero-order valence-electron chi connectivity index (χ0n) is 12.0. The summed E-state index contributed by atoms with van der Waals surface area (Å²) in [6, 6.07) is 9.30. The van der Waals surface area contributed by atoms with Gasteiger partial charge >= 0.3 is 0 Å². The number of rotatable bonds is 5. The van der Waals surface area contributed by atoms with Gasteiger partial charge in [0.15, 0.2) is 5.96 Å². The van der Waals surface area contributed by atoms with Gasteiger partial charge < -0.3 is 20.9 Å². The van der Waals surface area contributed by atoms with Crippen molar-refractivity contribution in [2.75, 3.05) is 19.0 Å². The molecular formula is C15H19N3O2S. The molecule has 0 saturated heterocycles. The normalized spacial score (nSPS) is 14.5. The molecule has 0 aliphatic heterocycles. The van der Waals surface area contributed by atoms with Gasteiger partial charge in [-0.05, 0) is 41.4 Å². The molecule has 4 N–H and O–H groups in total. The first-order valence-corrected chi connectivity index (χ1v) is 7.42. The summed E-state index contributed by atoms with van der Waals surface area (Å²) in [5, 5.41) is 17.2. The molecule has 0 aliphatic carbocycles. The van der Waals surface area contributed by atoms with Crippen LogP contribution in [0.1, 0.15) is 12.5 Å². The van der Waals surface area contributed by atoms with Crippen molar-refractivity contribution in [1.82, 2.24) is 0 Å². The lowest BCUT2D eigenvalue weighted by Crippen LogP contribution is -2.29. The molecule has 21 heavy (non-hydrogen) atoms. The zero-order chi connectivity index (χ0) is 15.3. The Labute approximate surface area is 128 Å². The van der Waals surface area contributed by atoms with E-state index in [1.54, 1.807) is 14.0 Å². The molecule has 0 spiro atoms. The van der Waals surface area contributed by atoms with E-state index in [-0.39, 0.29) is 12.5 Å². The van der Waals surface area contributed by atoms with Crippen LogP contribution >= 0.6 is 11.3 Å².